The molecule has 0 radical (unpaired) electrons. The predicted octanol–water partition coefficient (Wildman–Crippen LogP) is -0.369. The Morgan fingerprint density at radius 2 is 2.00 bits per heavy atom. The van der Waals surface area contributed by atoms with Crippen LogP contribution >= 0.6 is 0 Å². The summed E-state index contributed by atoms with van der Waals surface area (Å²) in [5.74, 6) is -0.552. The summed E-state index contributed by atoms with van der Waals surface area (Å²) in [6.45, 7) is 0. The Kier molecular flexibility index (Phi) is 2.63. The lowest BCUT2D eigenvalue weighted by Gasteiger charge is -2.38. The van der Waals surface area contributed by atoms with Gasteiger partial charge in [0, 0.05) is 7.11 Å². The number of methoxy groups -OCH3 is 1. The minimum Gasteiger partial charge on any atom is -0.368 e. The highest BCUT2D eigenvalue weighted by Gasteiger charge is 2.45. The summed E-state index contributed by atoms with van der Waals surface area (Å²) in [6.07, 6.45) is 3.02. The predicted molar refractivity (Wildman–Crippen MR) is 46.6 cm³/mol. The molecule has 1 amide bonds. The average molecular weight is 207 g/mol. The quantitative estimate of drug-likeness (QED) is 0.685. The van der Waals surface area contributed by atoms with Gasteiger partial charge in [-0.25, -0.2) is 8.42 Å². The summed E-state index contributed by atoms with van der Waals surface area (Å²) in [5.41, 5.74) is -0.900. The van der Waals surface area contributed by atoms with E-state index in [0.29, 0.717) is 12.8 Å². The maximum atomic E-state index is 11.4. The van der Waals surface area contributed by atoms with Gasteiger partial charge in [-0.1, -0.05) is 0 Å². The van der Waals surface area contributed by atoms with E-state index in [4.69, 9.17) is 4.74 Å². The Hall–Kier alpha value is -0.620. The van der Waals surface area contributed by atoms with Crippen LogP contribution in [0.4, 0.5) is 0 Å². The van der Waals surface area contributed by atoms with E-state index in [2.05, 4.69) is 0 Å². The van der Waals surface area contributed by atoms with Crippen LogP contribution in [0.25, 0.3) is 0 Å². The Balaban J connectivity index is 2.67. The van der Waals surface area contributed by atoms with Gasteiger partial charge in [0.05, 0.1) is 6.26 Å². The molecule has 0 aliphatic heterocycles. The lowest BCUT2D eigenvalue weighted by Crippen LogP contribution is -2.54. The Bertz CT molecular complexity index is 299. The van der Waals surface area contributed by atoms with Gasteiger partial charge in [-0.2, -0.15) is 0 Å². The molecule has 0 aromatic heterocycles. The number of nitrogens with one attached hydrogen (secondary N) is 1. The summed E-state index contributed by atoms with van der Waals surface area (Å²) in [7, 11) is -2.05. The van der Waals surface area contributed by atoms with E-state index in [1.165, 1.54) is 7.11 Å². The van der Waals surface area contributed by atoms with Crippen molar-refractivity contribution < 1.29 is 17.9 Å². The van der Waals surface area contributed by atoms with E-state index in [0.717, 1.165) is 12.7 Å². The van der Waals surface area contributed by atoms with E-state index >= 15 is 0 Å². The van der Waals surface area contributed by atoms with Gasteiger partial charge in [0.25, 0.3) is 5.91 Å². The summed E-state index contributed by atoms with van der Waals surface area (Å²) in [6, 6.07) is 0. The van der Waals surface area contributed by atoms with Gasteiger partial charge >= 0.3 is 0 Å². The van der Waals surface area contributed by atoms with Gasteiger partial charge in [-0.3, -0.25) is 9.52 Å². The number of hydrogen-bond donors (Lipinski definition) is 1. The smallest absolute Gasteiger partial charge is 0.265 e. The molecular formula is C7H13NO4S. The highest BCUT2D eigenvalue weighted by atomic mass is 32.2. The monoisotopic (exact) mass is 207 g/mol. The Morgan fingerprint density at radius 1 is 1.46 bits per heavy atom. The summed E-state index contributed by atoms with van der Waals surface area (Å²) in [4.78, 5) is 11.4. The van der Waals surface area contributed by atoms with Crippen LogP contribution in [-0.2, 0) is 19.6 Å². The lowest BCUT2D eigenvalue weighted by molar-refractivity contribution is -0.152. The number of rotatable bonds is 3. The van der Waals surface area contributed by atoms with Crippen LogP contribution in [0.15, 0.2) is 0 Å². The first-order chi connectivity index (χ1) is 5.90. The van der Waals surface area contributed by atoms with E-state index in [1.54, 1.807) is 0 Å². The van der Waals surface area contributed by atoms with Crippen molar-refractivity contribution in [2.75, 3.05) is 13.4 Å². The number of ether oxygens (including phenoxy) is 1. The van der Waals surface area contributed by atoms with Crippen LogP contribution in [-0.4, -0.2) is 33.3 Å². The van der Waals surface area contributed by atoms with Crippen molar-refractivity contribution in [2.24, 2.45) is 0 Å². The highest BCUT2D eigenvalue weighted by molar-refractivity contribution is 7.89. The summed E-state index contributed by atoms with van der Waals surface area (Å²) in [5, 5.41) is 0. The molecule has 13 heavy (non-hydrogen) atoms. The van der Waals surface area contributed by atoms with Gasteiger partial charge < -0.3 is 4.74 Å². The van der Waals surface area contributed by atoms with Crippen LogP contribution in [0.1, 0.15) is 19.3 Å². The molecule has 0 aromatic carbocycles. The zero-order valence-corrected chi connectivity index (χ0v) is 8.48. The minimum atomic E-state index is -3.47. The van der Waals surface area contributed by atoms with Crippen LogP contribution in [0, 0.1) is 0 Å². The van der Waals surface area contributed by atoms with Gasteiger partial charge in [0.15, 0.2) is 0 Å². The molecule has 1 N–H and O–H groups in total. The topological polar surface area (TPSA) is 72.5 Å². The summed E-state index contributed by atoms with van der Waals surface area (Å²) >= 11 is 0. The average Bonchev–Trinajstić information content (AvgIpc) is 1.80. The number of sulfonamides is 1. The van der Waals surface area contributed by atoms with E-state index in [1.807, 2.05) is 4.72 Å². The number of amides is 1. The van der Waals surface area contributed by atoms with Crippen molar-refractivity contribution in [3.8, 4) is 0 Å². The van der Waals surface area contributed by atoms with Crippen molar-refractivity contribution >= 4 is 15.9 Å². The second-order valence-corrected chi connectivity index (χ2v) is 5.00. The molecule has 0 aromatic rings. The molecule has 1 fully saturated rings. The first-order valence-corrected chi connectivity index (χ1v) is 5.86. The van der Waals surface area contributed by atoms with Crippen LogP contribution in [0.2, 0.25) is 0 Å². The van der Waals surface area contributed by atoms with Crippen molar-refractivity contribution in [3.63, 3.8) is 0 Å². The molecule has 5 nitrogen and oxygen atoms in total. The maximum absolute atomic E-state index is 11.4. The van der Waals surface area contributed by atoms with Crippen LogP contribution < -0.4 is 4.72 Å². The van der Waals surface area contributed by atoms with Crippen molar-refractivity contribution in [1.82, 2.24) is 4.72 Å². The fourth-order valence-corrected chi connectivity index (χ4v) is 1.81. The third-order valence-electron chi connectivity index (χ3n) is 2.24. The molecule has 1 saturated carbocycles. The fourth-order valence-electron chi connectivity index (χ4n) is 1.28. The molecule has 0 bridgehead atoms. The zero-order chi connectivity index (χ0) is 10.1. The van der Waals surface area contributed by atoms with Gasteiger partial charge in [-0.05, 0) is 19.3 Å². The van der Waals surface area contributed by atoms with Crippen molar-refractivity contribution in [2.45, 2.75) is 24.9 Å². The van der Waals surface area contributed by atoms with Gasteiger partial charge in [0.1, 0.15) is 5.60 Å². The van der Waals surface area contributed by atoms with Gasteiger partial charge in [-0.15, -0.1) is 0 Å². The molecule has 1 aliphatic carbocycles. The molecule has 0 heterocycles. The SMILES string of the molecule is COC1(C(=O)NS(C)(=O)=O)CCC1. The van der Waals surface area contributed by atoms with Crippen molar-refractivity contribution in [3.05, 3.63) is 0 Å². The molecule has 0 saturated heterocycles. The molecule has 6 heteroatoms. The maximum Gasteiger partial charge on any atom is 0.265 e. The Morgan fingerprint density at radius 3 is 2.23 bits per heavy atom. The van der Waals surface area contributed by atoms with E-state index < -0.39 is 21.5 Å². The molecule has 0 spiro atoms. The normalized spacial score (nSPS) is 20.5. The third-order valence-corrected chi connectivity index (χ3v) is 2.80. The Labute approximate surface area is 77.5 Å². The number of hydrogen-bond acceptors (Lipinski definition) is 4. The van der Waals surface area contributed by atoms with Crippen LogP contribution in [0.3, 0.4) is 0 Å². The zero-order valence-electron chi connectivity index (χ0n) is 7.66. The number of carbonyl (C=O) groups is 1. The second kappa shape index (κ2) is 3.26. The molecule has 1 aliphatic rings. The molecule has 1 rings (SSSR count). The first kappa shape index (κ1) is 10.5. The molecular weight excluding hydrogens is 194 g/mol. The number of carbonyl (C=O) groups excluding carboxylic acids is 1. The molecule has 0 atom stereocenters. The molecule has 76 valence electrons. The van der Waals surface area contributed by atoms with Gasteiger partial charge in [0.2, 0.25) is 10.0 Å². The summed E-state index contributed by atoms with van der Waals surface area (Å²) < 4.78 is 28.4. The van der Waals surface area contributed by atoms with Crippen LogP contribution in [0.5, 0.6) is 0 Å². The second-order valence-electron chi connectivity index (χ2n) is 3.26. The lowest BCUT2D eigenvalue weighted by atomic mass is 9.79. The largest absolute Gasteiger partial charge is 0.368 e. The molecule has 0 unspecified atom stereocenters. The van der Waals surface area contributed by atoms with E-state index in [-0.39, 0.29) is 0 Å². The fraction of sp³-hybridized carbons (Fsp3) is 0.857. The standard InChI is InChI=1S/C7H13NO4S/c1-12-7(4-3-5-7)6(9)8-13(2,10)11/h3-5H2,1-2H3,(H,8,9). The minimum absolute atomic E-state index is 0.552. The van der Waals surface area contributed by atoms with Crippen molar-refractivity contribution in [1.29, 1.82) is 0 Å². The van der Waals surface area contributed by atoms with E-state index in [9.17, 15) is 13.2 Å². The third kappa shape index (κ3) is 2.19. The first-order valence-electron chi connectivity index (χ1n) is 3.97. The highest BCUT2D eigenvalue weighted by Crippen LogP contribution is 2.35.